The molecule has 2 fully saturated rings. The van der Waals surface area contributed by atoms with Gasteiger partial charge in [0.25, 0.3) is 0 Å². The van der Waals surface area contributed by atoms with Gasteiger partial charge in [0.2, 0.25) is 5.91 Å². The molecule has 3 rings (SSSR count). The van der Waals surface area contributed by atoms with Crippen LogP contribution in [0.3, 0.4) is 0 Å². The van der Waals surface area contributed by atoms with Crippen molar-refractivity contribution in [2.45, 2.75) is 76.5 Å². The zero-order valence-electron chi connectivity index (χ0n) is 18.3. The van der Waals surface area contributed by atoms with Crippen molar-refractivity contribution in [3.05, 3.63) is 23.8 Å². The van der Waals surface area contributed by atoms with E-state index in [1.807, 2.05) is 18.2 Å². The summed E-state index contributed by atoms with van der Waals surface area (Å²) in [6, 6.07) is 6.31. The number of benzene rings is 1. The normalized spacial score (nSPS) is 17.7. The predicted octanol–water partition coefficient (Wildman–Crippen LogP) is 3.13. The lowest BCUT2D eigenvalue weighted by Gasteiger charge is -2.20. The number of aliphatic imine (C=N–C) groups is 1. The smallest absolute Gasteiger partial charge is 0.221 e. The van der Waals surface area contributed by atoms with Crippen LogP contribution in [0.15, 0.2) is 23.2 Å². The van der Waals surface area contributed by atoms with Crippen LogP contribution >= 0.6 is 0 Å². The van der Waals surface area contributed by atoms with Gasteiger partial charge in [-0.25, -0.2) is 0 Å². The van der Waals surface area contributed by atoms with Crippen molar-refractivity contribution in [3.8, 4) is 11.5 Å². The van der Waals surface area contributed by atoms with Crippen molar-refractivity contribution in [1.82, 2.24) is 16.0 Å². The summed E-state index contributed by atoms with van der Waals surface area (Å²) in [4.78, 5) is 16.4. The van der Waals surface area contributed by atoms with Crippen LogP contribution in [0, 0.1) is 0 Å². The predicted molar refractivity (Wildman–Crippen MR) is 119 cm³/mol. The van der Waals surface area contributed by atoms with Crippen molar-refractivity contribution < 1.29 is 14.3 Å². The molecule has 0 saturated heterocycles. The van der Waals surface area contributed by atoms with Crippen LogP contribution in [0.5, 0.6) is 11.5 Å². The zero-order chi connectivity index (χ0) is 21.2. The number of rotatable bonds is 9. The Hall–Kier alpha value is -2.44. The van der Waals surface area contributed by atoms with E-state index in [-0.39, 0.29) is 12.0 Å². The highest BCUT2D eigenvalue weighted by atomic mass is 16.5. The molecule has 0 spiro atoms. The fraction of sp³-hybridized carbons (Fsp3) is 0.652. The molecule has 2 aliphatic rings. The Labute approximate surface area is 180 Å². The van der Waals surface area contributed by atoms with Crippen molar-refractivity contribution in [3.63, 3.8) is 0 Å². The zero-order valence-corrected chi connectivity index (χ0v) is 18.3. The van der Waals surface area contributed by atoms with E-state index in [9.17, 15) is 4.79 Å². The first-order valence-corrected chi connectivity index (χ1v) is 11.3. The number of nitrogens with one attached hydrogen (secondary N) is 3. The molecule has 0 heterocycles. The maximum Gasteiger partial charge on any atom is 0.221 e. The van der Waals surface area contributed by atoms with E-state index in [1.165, 1.54) is 25.7 Å². The van der Waals surface area contributed by atoms with E-state index in [4.69, 9.17) is 9.47 Å². The van der Waals surface area contributed by atoms with Gasteiger partial charge >= 0.3 is 0 Å². The number of hydrogen-bond donors (Lipinski definition) is 3. The monoisotopic (exact) mass is 416 g/mol. The van der Waals surface area contributed by atoms with Gasteiger partial charge in [0, 0.05) is 38.2 Å². The highest BCUT2D eigenvalue weighted by Gasteiger charge is 2.21. The van der Waals surface area contributed by atoms with Crippen LogP contribution < -0.4 is 25.4 Å². The number of guanidine groups is 1. The van der Waals surface area contributed by atoms with Gasteiger partial charge in [0.1, 0.15) is 0 Å². The first-order valence-electron chi connectivity index (χ1n) is 11.3. The maximum atomic E-state index is 12.1. The van der Waals surface area contributed by atoms with Crippen molar-refractivity contribution in [2.24, 2.45) is 4.99 Å². The number of carbonyl (C=O) groups is 1. The maximum absolute atomic E-state index is 12.1. The molecule has 7 nitrogen and oxygen atoms in total. The molecule has 0 radical (unpaired) electrons. The Morgan fingerprint density at radius 2 is 1.83 bits per heavy atom. The molecule has 0 unspecified atom stereocenters. The van der Waals surface area contributed by atoms with E-state index in [0.717, 1.165) is 42.7 Å². The average molecular weight is 417 g/mol. The van der Waals surface area contributed by atoms with Crippen LogP contribution in [0.2, 0.25) is 0 Å². The summed E-state index contributed by atoms with van der Waals surface area (Å²) in [6.45, 7) is 1.11. The molecule has 3 N–H and O–H groups in total. The van der Waals surface area contributed by atoms with Gasteiger partial charge in [-0.1, -0.05) is 25.0 Å². The molecule has 1 amide bonds. The third-order valence-corrected chi connectivity index (χ3v) is 5.90. The standard InChI is InChI=1S/C23H36N4O3/c1-24-23(25-15-14-21(28)27-18-9-3-4-10-18)26-16-17-8-7-13-20(29-2)22(17)30-19-11-5-6-12-19/h7-8,13,18-19H,3-6,9-12,14-16H2,1-2H3,(H,27,28)(H2,24,25,26). The molecular weight excluding hydrogens is 380 g/mol. The summed E-state index contributed by atoms with van der Waals surface area (Å²) in [5.41, 5.74) is 1.03. The Balaban J connectivity index is 1.48. The SMILES string of the molecule is CN=C(NCCC(=O)NC1CCCC1)NCc1cccc(OC)c1OC1CCCC1. The molecule has 0 bridgehead atoms. The summed E-state index contributed by atoms with van der Waals surface area (Å²) in [6.07, 6.45) is 9.97. The molecule has 166 valence electrons. The lowest BCUT2D eigenvalue weighted by atomic mass is 10.1. The van der Waals surface area contributed by atoms with Crippen LogP contribution in [0.1, 0.15) is 63.4 Å². The van der Waals surface area contributed by atoms with Crippen LogP contribution in [-0.4, -0.2) is 44.7 Å². The number of nitrogens with zero attached hydrogens (tertiary/aromatic N) is 1. The summed E-state index contributed by atoms with van der Waals surface area (Å²) in [5.74, 6) is 2.33. The van der Waals surface area contributed by atoms with Gasteiger partial charge in [-0.2, -0.15) is 0 Å². The van der Waals surface area contributed by atoms with Gasteiger partial charge in [-0.3, -0.25) is 9.79 Å². The molecule has 1 aromatic carbocycles. The molecule has 1 aromatic rings. The molecule has 2 aliphatic carbocycles. The van der Waals surface area contributed by atoms with E-state index < -0.39 is 0 Å². The molecule has 7 heteroatoms. The number of ether oxygens (including phenoxy) is 2. The Morgan fingerprint density at radius 3 is 2.53 bits per heavy atom. The fourth-order valence-corrected chi connectivity index (χ4v) is 4.23. The number of carbonyl (C=O) groups excluding carboxylic acids is 1. The minimum atomic E-state index is 0.102. The molecule has 0 aliphatic heterocycles. The van der Waals surface area contributed by atoms with Crippen molar-refractivity contribution in [1.29, 1.82) is 0 Å². The Bertz CT molecular complexity index is 710. The third-order valence-electron chi connectivity index (χ3n) is 5.90. The molecule has 30 heavy (non-hydrogen) atoms. The summed E-state index contributed by atoms with van der Waals surface area (Å²) < 4.78 is 11.8. The van der Waals surface area contributed by atoms with E-state index in [1.54, 1.807) is 14.2 Å². The lowest BCUT2D eigenvalue weighted by Crippen LogP contribution is -2.40. The quantitative estimate of drug-likeness (QED) is 0.425. The third kappa shape index (κ3) is 6.54. The van der Waals surface area contributed by atoms with Gasteiger partial charge in [0.15, 0.2) is 17.5 Å². The highest BCUT2D eigenvalue weighted by Crippen LogP contribution is 2.34. The average Bonchev–Trinajstić information content (AvgIpc) is 3.45. The molecule has 2 saturated carbocycles. The number of hydrogen-bond acceptors (Lipinski definition) is 4. The molecule has 0 aromatic heterocycles. The highest BCUT2D eigenvalue weighted by molar-refractivity contribution is 5.81. The second-order valence-electron chi connectivity index (χ2n) is 8.12. The number of amides is 1. The lowest BCUT2D eigenvalue weighted by molar-refractivity contribution is -0.121. The van der Waals surface area contributed by atoms with Gasteiger partial charge in [-0.15, -0.1) is 0 Å². The molecule has 0 atom stereocenters. The largest absolute Gasteiger partial charge is 0.493 e. The Kier molecular flexibility index (Phi) is 8.66. The van der Waals surface area contributed by atoms with Gasteiger partial charge in [0.05, 0.1) is 13.2 Å². The molecular formula is C23H36N4O3. The second-order valence-corrected chi connectivity index (χ2v) is 8.12. The van der Waals surface area contributed by atoms with Gasteiger partial charge in [-0.05, 0) is 44.6 Å². The van der Waals surface area contributed by atoms with Crippen molar-refractivity contribution >= 4 is 11.9 Å². The first-order chi connectivity index (χ1) is 14.7. The van der Waals surface area contributed by atoms with Crippen molar-refractivity contribution in [2.75, 3.05) is 20.7 Å². The van der Waals surface area contributed by atoms with E-state index in [2.05, 4.69) is 20.9 Å². The summed E-state index contributed by atoms with van der Waals surface area (Å²) in [5, 5.41) is 9.66. The first kappa shape index (κ1) is 22.2. The summed E-state index contributed by atoms with van der Waals surface area (Å²) in [7, 11) is 3.40. The topological polar surface area (TPSA) is 84.0 Å². The van der Waals surface area contributed by atoms with Crippen LogP contribution in [0.4, 0.5) is 0 Å². The van der Waals surface area contributed by atoms with Crippen LogP contribution in [-0.2, 0) is 11.3 Å². The number of methoxy groups -OCH3 is 1. The second kappa shape index (κ2) is 11.7. The minimum Gasteiger partial charge on any atom is -0.493 e. The Morgan fingerprint density at radius 1 is 1.10 bits per heavy atom. The van der Waals surface area contributed by atoms with E-state index >= 15 is 0 Å². The van der Waals surface area contributed by atoms with Gasteiger partial charge < -0.3 is 25.4 Å². The minimum absolute atomic E-state index is 0.102. The fourth-order valence-electron chi connectivity index (χ4n) is 4.23. The van der Waals surface area contributed by atoms with E-state index in [0.29, 0.717) is 31.5 Å². The number of para-hydroxylation sites is 1. The summed E-state index contributed by atoms with van der Waals surface area (Å²) >= 11 is 0. The van der Waals surface area contributed by atoms with Crippen LogP contribution in [0.25, 0.3) is 0 Å².